The maximum Gasteiger partial charge on any atom is 0.256 e. The van der Waals surface area contributed by atoms with Crippen LogP contribution in [0.3, 0.4) is 0 Å². The summed E-state index contributed by atoms with van der Waals surface area (Å²) in [4.78, 5) is 12.7. The van der Waals surface area contributed by atoms with Crippen LogP contribution in [0.2, 0.25) is 0 Å². The van der Waals surface area contributed by atoms with Crippen LogP contribution < -0.4 is 5.32 Å². The van der Waals surface area contributed by atoms with Crippen LogP contribution in [0, 0.1) is 12.7 Å². The maximum absolute atomic E-state index is 14.7. The number of rotatable bonds is 4. The van der Waals surface area contributed by atoms with Crippen molar-refractivity contribution in [2.24, 2.45) is 0 Å². The molecule has 7 heteroatoms. The molecule has 2 aromatic heterocycles. The van der Waals surface area contributed by atoms with Crippen molar-refractivity contribution in [1.82, 2.24) is 20.0 Å². The van der Waals surface area contributed by atoms with E-state index in [1.165, 1.54) is 12.3 Å². The molecule has 5 rings (SSSR count). The lowest BCUT2D eigenvalue weighted by atomic mass is 9.96. The average molecular weight is 423 g/mol. The molecule has 0 atom stereocenters. The van der Waals surface area contributed by atoms with Crippen LogP contribution in [0.1, 0.15) is 15.9 Å². The Morgan fingerprint density at radius 2 is 1.84 bits per heavy atom. The summed E-state index contributed by atoms with van der Waals surface area (Å²) < 4.78 is 16.6. The van der Waals surface area contributed by atoms with Gasteiger partial charge < -0.3 is 5.32 Å². The predicted octanol–water partition coefficient (Wildman–Crippen LogP) is 5.18. The van der Waals surface area contributed by atoms with E-state index in [2.05, 4.69) is 20.6 Å². The number of para-hydroxylation sites is 1. The van der Waals surface area contributed by atoms with Gasteiger partial charge in [-0.15, -0.1) is 5.10 Å². The van der Waals surface area contributed by atoms with Gasteiger partial charge in [0.25, 0.3) is 5.91 Å². The molecule has 0 aliphatic carbocycles. The van der Waals surface area contributed by atoms with Crippen molar-refractivity contribution in [1.29, 1.82) is 0 Å². The van der Waals surface area contributed by atoms with Crippen molar-refractivity contribution in [2.45, 2.75) is 6.92 Å². The normalized spacial score (nSPS) is 10.9. The summed E-state index contributed by atoms with van der Waals surface area (Å²) in [6.45, 7) is 1.70. The minimum atomic E-state index is -0.455. The molecular formula is C25H18FN5O. The SMILES string of the molecule is Cc1c(F)cc(C(=O)Nc2cccnn2)cc1-c1ccc2c(cnn2-c2ccccc2)c1. The first-order chi connectivity index (χ1) is 15.6. The van der Waals surface area contributed by atoms with Gasteiger partial charge in [0.2, 0.25) is 0 Å². The van der Waals surface area contributed by atoms with E-state index in [0.717, 1.165) is 22.2 Å². The molecule has 3 aromatic carbocycles. The lowest BCUT2D eigenvalue weighted by Gasteiger charge is -2.11. The van der Waals surface area contributed by atoms with Gasteiger partial charge in [-0.1, -0.05) is 24.3 Å². The van der Waals surface area contributed by atoms with E-state index in [1.807, 2.05) is 53.2 Å². The first-order valence-electron chi connectivity index (χ1n) is 10.0. The highest BCUT2D eigenvalue weighted by molar-refractivity contribution is 6.04. The van der Waals surface area contributed by atoms with Crippen LogP contribution in [-0.2, 0) is 0 Å². The number of amides is 1. The van der Waals surface area contributed by atoms with E-state index in [9.17, 15) is 9.18 Å². The molecule has 0 bridgehead atoms. The van der Waals surface area contributed by atoms with Gasteiger partial charge in [-0.05, 0) is 72.1 Å². The topological polar surface area (TPSA) is 72.7 Å². The fraction of sp³-hybridized carbons (Fsp3) is 0.0400. The third kappa shape index (κ3) is 3.60. The first kappa shape index (κ1) is 19.6. The Bertz CT molecular complexity index is 1430. The second kappa shape index (κ2) is 8.03. The zero-order chi connectivity index (χ0) is 22.1. The third-order valence-corrected chi connectivity index (χ3v) is 5.30. The number of nitrogens with zero attached hydrogens (tertiary/aromatic N) is 4. The van der Waals surface area contributed by atoms with Gasteiger partial charge in [0, 0.05) is 17.1 Å². The maximum atomic E-state index is 14.7. The van der Waals surface area contributed by atoms with Gasteiger partial charge in [0.1, 0.15) is 5.82 Å². The summed E-state index contributed by atoms with van der Waals surface area (Å²) in [7, 11) is 0. The van der Waals surface area contributed by atoms with Crippen molar-refractivity contribution in [3.8, 4) is 16.8 Å². The van der Waals surface area contributed by atoms with Crippen molar-refractivity contribution in [3.05, 3.63) is 102 Å². The van der Waals surface area contributed by atoms with Crippen LogP contribution in [0.25, 0.3) is 27.7 Å². The molecule has 32 heavy (non-hydrogen) atoms. The van der Waals surface area contributed by atoms with Gasteiger partial charge in [-0.2, -0.15) is 10.2 Å². The van der Waals surface area contributed by atoms with Crippen molar-refractivity contribution in [3.63, 3.8) is 0 Å². The van der Waals surface area contributed by atoms with Crippen molar-refractivity contribution in [2.75, 3.05) is 5.32 Å². The standard InChI is InChI=1S/C25H18FN5O/c1-16-21(13-18(14-22(16)26)25(32)29-24-8-5-11-27-30-24)17-9-10-23-19(12-17)15-28-31(23)20-6-3-2-4-7-20/h2-15H,1H3,(H,29,30,32). The molecular weight excluding hydrogens is 405 g/mol. The minimum absolute atomic E-state index is 0.203. The summed E-state index contributed by atoms with van der Waals surface area (Å²) in [6.07, 6.45) is 3.29. The van der Waals surface area contributed by atoms with E-state index in [4.69, 9.17) is 0 Å². The number of hydrogen-bond donors (Lipinski definition) is 1. The second-order valence-electron chi connectivity index (χ2n) is 7.36. The van der Waals surface area contributed by atoms with E-state index >= 15 is 0 Å². The molecule has 0 radical (unpaired) electrons. The van der Waals surface area contributed by atoms with Crippen LogP contribution in [0.15, 0.2) is 85.2 Å². The molecule has 0 fully saturated rings. The zero-order valence-electron chi connectivity index (χ0n) is 17.2. The summed E-state index contributed by atoms with van der Waals surface area (Å²) in [5.74, 6) is -0.606. The lowest BCUT2D eigenvalue weighted by molar-refractivity contribution is 0.102. The fourth-order valence-electron chi connectivity index (χ4n) is 3.64. The monoisotopic (exact) mass is 423 g/mol. The molecule has 0 saturated carbocycles. The number of fused-ring (bicyclic) bond motifs is 1. The number of carbonyl (C=O) groups excluding carboxylic acids is 1. The number of hydrogen-bond acceptors (Lipinski definition) is 4. The van der Waals surface area contributed by atoms with Gasteiger partial charge in [-0.25, -0.2) is 9.07 Å². The molecule has 156 valence electrons. The molecule has 0 aliphatic heterocycles. The van der Waals surface area contributed by atoms with Gasteiger partial charge in [-0.3, -0.25) is 4.79 Å². The number of carbonyl (C=O) groups is 1. The molecule has 0 aliphatic rings. The van der Waals surface area contributed by atoms with Crippen LogP contribution in [0.4, 0.5) is 10.2 Å². The number of anilines is 1. The quantitative estimate of drug-likeness (QED) is 0.432. The highest BCUT2D eigenvalue weighted by Crippen LogP contribution is 2.30. The average Bonchev–Trinajstić information content (AvgIpc) is 3.25. The van der Waals surface area contributed by atoms with Crippen LogP contribution in [0.5, 0.6) is 0 Å². The second-order valence-corrected chi connectivity index (χ2v) is 7.36. The Kier molecular flexibility index (Phi) is 4.91. The summed E-state index contributed by atoms with van der Waals surface area (Å²) >= 11 is 0. The Labute approximate surface area is 183 Å². The zero-order valence-corrected chi connectivity index (χ0v) is 17.2. The summed E-state index contributed by atoms with van der Waals surface area (Å²) in [6, 6.07) is 21.9. The molecule has 0 spiro atoms. The fourth-order valence-corrected chi connectivity index (χ4v) is 3.64. The molecule has 0 unspecified atom stereocenters. The molecule has 1 N–H and O–H groups in total. The van der Waals surface area contributed by atoms with Crippen LogP contribution >= 0.6 is 0 Å². The Hall–Kier alpha value is -4.39. The largest absolute Gasteiger partial charge is 0.305 e. The lowest BCUT2D eigenvalue weighted by Crippen LogP contribution is -2.14. The van der Waals surface area contributed by atoms with Crippen molar-refractivity contribution >= 4 is 22.6 Å². The predicted molar refractivity (Wildman–Crippen MR) is 121 cm³/mol. The number of nitrogens with one attached hydrogen (secondary N) is 1. The molecule has 2 heterocycles. The Morgan fingerprint density at radius 3 is 2.62 bits per heavy atom. The van der Waals surface area contributed by atoms with Gasteiger partial charge >= 0.3 is 0 Å². The Balaban J connectivity index is 1.53. The minimum Gasteiger partial charge on any atom is -0.305 e. The number of halogens is 1. The Morgan fingerprint density at radius 1 is 1.00 bits per heavy atom. The van der Waals surface area contributed by atoms with Crippen molar-refractivity contribution < 1.29 is 9.18 Å². The molecule has 0 saturated heterocycles. The number of aromatic nitrogens is 4. The van der Waals surface area contributed by atoms with Crippen LogP contribution in [-0.4, -0.2) is 25.9 Å². The highest BCUT2D eigenvalue weighted by Gasteiger charge is 2.15. The molecule has 1 amide bonds. The molecule has 6 nitrogen and oxygen atoms in total. The first-order valence-corrected chi connectivity index (χ1v) is 10.0. The van der Waals surface area contributed by atoms with Gasteiger partial charge in [0.15, 0.2) is 5.82 Å². The van der Waals surface area contributed by atoms with Gasteiger partial charge in [0.05, 0.1) is 17.4 Å². The third-order valence-electron chi connectivity index (χ3n) is 5.30. The molecule has 5 aromatic rings. The highest BCUT2D eigenvalue weighted by atomic mass is 19.1. The van der Waals surface area contributed by atoms with E-state index < -0.39 is 11.7 Å². The van der Waals surface area contributed by atoms with E-state index in [0.29, 0.717) is 16.9 Å². The number of benzene rings is 3. The van der Waals surface area contributed by atoms with E-state index in [1.54, 1.807) is 31.3 Å². The smallest absolute Gasteiger partial charge is 0.256 e. The van der Waals surface area contributed by atoms with E-state index in [-0.39, 0.29) is 5.56 Å². The summed E-state index contributed by atoms with van der Waals surface area (Å²) in [5, 5.41) is 15.6. The summed E-state index contributed by atoms with van der Waals surface area (Å²) in [5.41, 5.74) is 4.01.